The van der Waals surface area contributed by atoms with E-state index in [1.54, 1.807) is 0 Å². The highest BCUT2D eigenvalue weighted by molar-refractivity contribution is 7.09. The molecule has 108 valence electrons. The lowest BCUT2D eigenvalue weighted by molar-refractivity contribution is 0.194. The molecule has 0 aliphatic carbocycles. The number of likely N-dealkylation sites (N-methyl/N-ethyl adjacent to an activating group) is 1. The standard InChI is InChI=1S/C17H24N2S/c1-2-19(14-17-9-6-12-20-17)16(13-18)11-10-15-7-4-3-5-8-15/h3-9,12,16H,2,10-11,13-14,18H2,1H3. The van der Waals surface area contributed by atoms with E-state index in [2.05, 4.69) is 59.7 Å². The van der Waals surface area contributed by atoms with Crippen molar-refractivity contribution in [1.82, 2.24) is 4.90 Å². The van der Waals surface area contributed by atoms with Crippen LogP contribution in [0.15, 0.2) is 47.8 Å². The molecule has 2 aromatic rings. The van der Waals surface area contributed by atoms with Gasteiger partial charge in [0.15, 0.2) is 0 Å². The molecule has 2 rings (SSSR count). The Hall–Kier alpha value is -1.16. The first-order valence-corrected chi connectivity index (χ1v) is 8.22. The largest absolute Gasteiger partial charge is 0.329 e. The predicted octanol–water partition coefficient (Wildman–Crippen LogP) is 3.53. The second kappa shape index (κ2) is 8.20. The van der Waals surface area contributed by atoms with Crippen molar-refractivity contribution < 1.29 is 0 Å². The van der Waals surface area contributed by atoms with Gasteiger partial charge < -0.3 is 5.73 Å². The van der Waals surface area contributed by atoms with Gasteiger partial charge in [0.1, 0.15) is 0 Å². The molecule has 1 unspecified atom stereocenters. The molecule has 0 saturated heterocycles. The summed E-state index contributed by atoms with van der Waals surface area (Å²) in [7, 11) is 0. The average molecular weight is 288 g/mol. The summed E-state index contributed by atoms with van der Waals surface area (Å²) in [4.78, 5) is 3.92. The third-order valence-corrected chi connectivity index (χ3v) is 4.60. The van der Waals surface area contributed by atoms with Crippen molar-refractivity contribution >= 4 is 11.3 Å². The topological polar surface area (TPSA) is 29.3 Å². The summed E-state index contributed by atoms with van der Waals surface area (Å²) in [5.41, 5.74) is 7.41. The van der Waals surface area contributed by atoms with Crippen LogP contribution in [0.1, 0.15) is 23.8 Å². The van der Waals surface area contributed by atoms with Crippen molar-refractivity contribution in [3.8, 4) is 0 Å². The fraction of sp³-hybridized carbons (Fsp3) is 0.412. The zero-order chi connectivity index (χ0) is 14.2. The van der Waals surface area contributed by atoms with Gasteiger partial charge in [-0.2, -0.15) is 0 Å². The van der Waals surface area contributed by atoms with Crippen LogP contribution in [-0.4, -0.2) is 24.0 Å². The summed E-state index contributed by atoms with van der Waals surface area (Å²) in [6.45, 7) is 5.02. The lowest BCUT2D eigenvalue weighted by Crippen LogP contribution is -2.40. The van der Waals surface area contributed by atoms with Gasteiger partial charge in [-0.1, -0.05) is 43.3 Å². The Balaban J connectivity index is 1.91. The SMILES string of the molecule is CCN(Cc1cccs1)C(CN)CCc1ccccc1. The molecule has 0 amide bonds. The molecule has 1 aromatic carbocycles. The number of nitrogens with zero attached hydrogens (tertiary/aromatic N) is 1. The highest BCUT2D eigenvalue weighted by atomic mass is 32.1. The molecule has 0 spiro atoms. The molecule has 3 heteroatoms. The summed E-state index contributed by atoms with van der Waals surface area (Å²) in [5.74, 6) is 0. The first kappa shape index (κ1) is 15.2. The lowest BCUT2D eigenvalue weighted by Gasteiger charge is -2.29. The molecule has 0 aliphatic rings. The minimum absolute atomic E-state index is 0.460. The summed E-state index contributed by atoms with van der Waals surface area (Å²) in [6, 6.07) is 15.5. The Morgan fingerprint density at radius 1 is 1.15 bits per heavy atom. The smallest absolute Gasteiger partial charge is 0.0331 e. The van der Waals surface area contributed by atoms with Gasteiger partial charge in [-0.05, 0) is 36.4 Å². The van der Waals surface area contributed by atoms with Gasteiger partial charge in [0.25, 0.3) is 0 Å². The Bertz CT molecular complexity index is 467. The molecule has 1 heterocycles. The van der Waals surface area contributed by atoms with Crippen LogP contribution in [0.5, 0.6) is 0 Å². The number of thiophene rings is 1. The molecule has 0 bridgehead atoms. The monoisotopic (exact) mass is 288 g/mol. The Morgan fingerprint density at radius 3 is 2.55 bits per heavy atom. The fourth-order valence-electron chi connectivity index (χ4n) is 2.53. The lowest BCUT2D eigenvalue weighted by atomic mass is 10.0. The van der Waals surface area contributed by atoms with Crippen molar-refractivity contribution in [3.63, 3.8) is 0 Å². The molecule has 0 aliphatic heterocycles. The quantitative estimate of drug-likeness (QED) is 0.805. The normalized spacial score (nSPS) is 12.8. The van der Waals surface area contributed by atoms with E-state index in [0.717, 1.165) is 32.5 Å². The summed E-state index contributed by atoms with van der Waals surface area (Å²) in [6.07, 6.45) is 2.23. The maximum absolute atomic E-state index is 6.00. The van der Waals surface area contributed by atoms with E-state index in [0.29, 0.717) is 6.04 Å². The van der Waals surface area contributed by atoms with Gasteiger partial charge in [-0.25, -0.2) is 0 Å². The maximum Gasteiger partial charge on any atom is 0.0331 e. The number of hydrogen-bond donors (Lipinski definition) is 1. The van der Waals surface area contributed by atoms with Crippen LogP contribution in [0.25, 0.3) is 0 Å². The predicted molar refractivity (Wildman–Crippen MR) is 88.0 cm³/mol. The van der Waals surface area contributed by atoms with Crippen LogP contribution in [0.2, 0.25) is 0 Å². The van der Waals surface area contributed by atoms with Gasteiger partial charge >= 0.3 is 0 Å². The Kier molecular flexibility index (Phi) is 6.25. The Morgan fingerprint density at radius 2 is 1.95 bits per heavy atom. The van der Waals surface area contributed by atoms with Crippen molar-refractivity contribution in [1.29, 1.82) is 0 Å². The van der Waals surface area contributed by atoms with E-state index in [1.165, 1.54) is 10.4 Å². The second-order valence-electron chi connectivity index (χ2n) is 5.06. The van der Waals surface area contributed by atoms with E-state index >= 15 is 0 Å². The number of aryl methyl sites for hydroxylation is 1. The molecule has 1 aromatic heterocycles. The first-order valence-electron chi connectivity index (χ1n) is 7.34. The molecule has 0 saturated carbocycles. The maximum atomic E-state index is 6.00. The second-order valence-corrected chi connectivity index (χ2v) is 6.09. The molecular weight excluding hydrogens is 264 g/mol. The van der Waals surface area contributed by atoms with Crippen LogP contribution in [0.4, 0.5) is 0 Å². The summed E-state index contributed by atoms with van der Waals surface area (Å²) in [5, 5.41) is 2.14. The van der Waals surface area contributed by atoms with Crippen LogP contribution < -0.4 is 5.73 Å². The number of hydrogen-bond acceptors (Lipinski definition) is 3. The highest BCUT2D eigenvalue weighted by Crippen LogP contribution is 2.16. The van der Waals surface area contributed by atoms with Gasteiger partial charge in [0.05, 0.1) is 0 Å². The van der Waals surface area contributed by atoms with Crippen molar-refractivity contribution in [2.75, 3.05) is 13.1 Å². The third kappa shape index (κ3) is 4.44. The van der Waals surface area contributed by atoms with Crippen LogP contribution in [0.3, 0.4) is 0 Å². The molecule has 0 radical (unpaired) electrons. The van der Waals surface area contributed by atoms with Gasteiger partial charge in [0, 0.05) is 24.0 Å². The van der Waals surface area contributed by atoms with E-state index in [9.17, 15) is 0 Å². The molecule has 1 atom stereocenters. The van der Waals surface area contributed by atoms with Crippen LogP contribution in [0, 0.1) is 0 Å². The minimum atomic E-state index is 0.460. The Labute approximate surface area is 126 Å². The summed E-state index contributed by atoms with van der Waals surface area (Å²) < 4.78 is 0. The molecule has 20 heavy (non-hydrogen) atoms. The van der Waals surface area contributed by atoms with Crippen LogP contribution >= 0.6 is 11.3 Å². The van der Waals surface area contributed by atoms with E-state index in [4.69, 9.17) is 5.73 Å². The third-order valence-electron chi connectivity index (χ3n) is 3.74. The van der Waals surface area contributed by atoms with Crippen molar-refractivity contribution in [2.45, 2.75) is 32.4 Å². The van der Waals surface area contributed by atoms with Crippen molar-refractivity contribution in [3.05, 3.63) is 58.3 Å². The number of rotatable bonds is 8. The zero-order valence-electron chi connectivity index (χ0n) is 12.2. The molecule has 2 N–H and O–H groups in total. The van der Waals surface area contributed by atoms with Gasteiger partial charge in [-0.3, -0.25) is 4.90 Å². The van der Waals surface area contributed by atoms with E-state index < -0.39 is 0 Å². The van der Waals surface area contributed by atoms with E-state index in [1.807, 2.05) is 11.3 Å². The molecule has 2 nitrogen and oxygen atoms in total. The zero-order valence-corrected chi connectivity index (χ0v) is 13.0. The molecule has 0 fully saturated rings. The van der Waals surface area contributed by atoms with Crippen LogP contribution in [-0.2, 0) is 13.0 Å². The first-order chi connectivity index (χ1) is 9.83. The fourth-order valence-corrected chi connectivity index (χ4v) is 3.26. The van der Waals surface area contributed by atoms with Crippen molar-refractivity contribution in [2.24, 2.45) is 5.73 Å². The minimum Gasteiger partial charge on any atom is -0.329 e. The number of nitrogens with two attached hydrogens (primary N) is 1. The average Bonchev–Trinajstić information content (AvgIpc) is 3.00. The van der Waals surface area contributed by atoms with Gasteiger partial charge in [-0.15, -0.1) is 11.3 Å². The van der Waals surface area contributed by atoms with E-state index in [-0.39, 0.29) is 0 Å². The highest BCUT2D eigenvalue weighted by Gasteiger charge is 2.16. The molecular formula is C17H24N2S. The number of benzene rings is 1. The van der Waals surface area contributed by atoms with Gasteiger partial charge in [0.2, 0.25) is 0 Å². The summed E-state index contributed by atoms with van der Waals surface area (Å²) >= 11 is 1.83.